The van der Waals surface area contributed by atoms with Crippen LogP contribution in [0.5, 0.6) is 11.5 Å². The third-order valence-corrected chi connectivity index (χ3v) is 20.9. The molecular weight excluding hydrogens is 1070 g/mol. The maximum Gasteiger partial charge on any atom is 0.132 e. The number of phenolic OH excluding ortho intramolecular Hbond substituents is 2. The molecule has 0 amide bonds. The Balaban J connectivity index is 2.03. The summed E-state index contributed by atoms with van der Waals surface area (Å²) in [5.41, 5.74) is 5.02. The SMILES string of the molecule is CCCCCCCCCCCCCCCCCCc1cc(CCCCCCCCCCCCCCCCCC)c(O)c(Sc2cc(CCCCCCCCCCCCCCCCCC)cc(CCCCCCCCCCCCCCCCCC)c2O)c1. The van der Waals surface area contributed by atoms with Crippen molar-refractivity contribution in [3.8, 4) is 11.5 Å². The highest BCUT2D eigenvalue weighted by molar-refractivity contribution is 7.99. The second kappa shape index (κ2) is 64.5. The molecule has 0 aliphatic carbocycles. The van der Waals surface area contributed by atoms with Gasteiger partial charge in [0.25, 0.3) is 0 Å². The lowest BCUT2D eigenvalue weighted by Crippen LogP contribution is -1.96. The second-order valence-electron chi connectivity index (χ2n) is 28.5. The molecule has 3 heteroatoms. The van der Waals surface area contributed by atoms with Crippen LogP contribution in [0.15, 0.2) is 34.1 Å². The van der Waals surface area contributed by atoms with Crippen molar-refractivity contribution < 1.29 is 10.2 Å². The second-order valence-corrected chi connectivity index (χ2v) is 29.6. The van der Waals surface area contributed by atoms with Crippen LogP contribution in [0.4, 0.5) is 0 Å². The molecule has 0 radical (unpaired) electrons. The summed E-state index contributed by atoms with van der Waals surface area (Å²) in [5, 5.41) is 24.3. The van der Waals surface area contributed by atoms with Crippen LogP contribution < -0.4 is 0 Å². The summed E-state index contributed by atoms with van der Waals surface area (Å²) in [6.07, 6.45) is 92.7. The molecular formula is C84H154O2S. The van der Waals surface area contributed by atoms with Crippen LogP contribution in [0.3, 0.4) is 0 Å². The van der Waals surface area contributed by atoms with Gasteiger partial charge in [-0.2, -0.15) is 0 Å². The van der Waals surface area contributed by atoms with Gasteiger partial charge in [-0.3, -0.25) is 0 Å². The summed E-state index contributed by atoms with van der Waals surface area (Å²) in [5.74, 6) is 0.942. The molecule has 2 rings (SSSR count). The average Bonchev–Trinajstić information content (AvgIpc) is 3.27. The zero-order valence-electron chi connectivity index (χ0n) is 59.7. The number of aryl methyl sites for hydroxylation is 4. The Labute approximate surface area is 550 Å². The minimum Gasteiger partial charge on any atom is -0.506 e. The molecule has 0 heterocycles. The Morgan fingerprint density at radius 3 is 0.517 bits per heavy atom. The van der Waals surface area contributed by atoms with Crippen molar-refractivity contribution in [3.05, 3.63) is 46.5 Å². The van der Waals surface area contributed by atoms with Crippen molar-refractivity contribution >= 4 is 11.8 Å². The van der Waals surface area contributed by atoms with E-state index in [0.29, 0.717) is 11.5 Å². The Kier molecular flexibility index (Phi) is 60.4. The molecule has 508 valence electrons. The topological polar surface area (TPSA) is 40.5 Å². The van der Waals surface area contributed by atoms with Crippen molar-refractivity contribution in [2.75, 3.05) is 0 Å². The standard InChI is InChI=1S/C84H154O2S/c1-5-9-13-17-21-25-29-33-37-41-45-49-53-57-61-65-69-77-73-79(71-67-63-59-55-51-47-43-39-35-31-27-23-19-15-11-7-3)83(85)81(75-77)87-82-76-78(70-66-62-58-54-50-46-42-38-34-30-26-22-18-14-10-6-2)74-80(84(82)86)72-68-64-60-56-52-48-44-40-36-32-28-24-20-16-12-8-4/h73-76,85-86H,5-72H2,1-4H3. The number of unbranched alkanes of at least 4 members (excludes halogenated alkanes) is 60. The Bertz CT molecular complexity index is 1590. The number of rotatable bonds is 70. The summed E-state index contributed by atoms with van der Waals surface area (Å²) in [6, 6.07) is 9.34. The highest BCUT2D eigenvalue weighted by Crippen LogP contribution is 2.44. The van der Waals surface area contributed by atoms with Gasteiger partial charge in [-0.1, -0.05) is 437 Å². The van der Waals surface area contributed by atoms with Crippen LogP contribution in [-0.4, -0.2) is 10.2 Å². The molecule has 0 spiro atoms. The zero-order valence-corrected chi connectivity index (χ0v) is 60.5. The van der Waals surface area contributed by atoms with E-state index in [1.165, 1.54) is 409 Å². The first-order valence-corrected chi connectivity index (χ1v) is 41.2. The lowest BCUT2D eigenvalue weighted by molar-refractivity contribution is 0.449. The third kappa shape index (κ3) is 50.6. The van der Waals surface area contributed by atoms with Crippen molar-refractivity contribution in [3.63, 3.8) is 0 Å². The number of hydrogen-bond donors (Lipinski definition) is 2. The molecule has 0 aliphatic rings. The van der Waals surface area contributed by atoms with Gasteiger partial charge in [0, 0.05) is 0 Å². The monoisotopic (exact) mass is 1230 g/mol. The van der Waals surface area contributed by atoms with E-state index in [-0.39, 0.29) is 0 Å². The minimum absolute atomic E-state index is 0.471. The first-order chi connectivity index (χ1) is 43.0. The van der Waals surface area contributed by atoms with Gasteiger partial charge in [0.2, 0.25) is 0 Å². The number of phenols is 2. The summed E-state index contributed by atoms with van der Waals surface area (Å²) < 4.78 is 0. The predicted octanol–water partition coefficient (Wildman–Crippen LogP) is 30.5. The van der Waals surface area contributed by atoms with Crippen molar-refractivity contribution in [2.24, 2.45) is 0 Å². The van der Waals surface area contributed by atoms with E-state index in [1.807, 2.05) is 0 Å². The van der Waals surface area contributed by atoms with E-state index in [1.54, 1.807) is 11.8 Å². The first kappa shape index (κ1) is 81.5. The van der Waals surface area contributed by atoms with Gasteiger partial charge in [-0.15, -0.1) is 0 Å². The van der Waals surface area contributed by atoms with Crippen molar-refractivity contribution in [2.45, 2.75) is 474 Å². The molecule has 2 N–H and O–H groups in total. The van der Waals surface area contributed by atoms with Crippen LogP contribution >= 0.6 is 11.8 Å². The van der Waals surface area contributed by atoms with Gasteiger partial charge < -0.3 is 10.2 Å². The normalized spacial score (nSPS) is 11.7. The minimum atomic E-state index is 0.471. The summed E-state index contributed by atoms with van der Waals surface area (Å²) >= 11 is 1.66. The highest BCUT2D eigenvalue weighted by Gasteiger charge is 2.17. The molecule has 0 bridgehead atoms. The number of hydrogen-bond acceptors (Lipinski definition) is 3. The van der Waals surface area contributed by atoms with Gasteiger partial charge >= 0.3 is 0 Å². The fourth-order valence-corrected chi connectivity index (χ4v) is 15.0. The van der Waals surface area contributed by atoms with Gasteiger partial charge in [0.05, 0.1) is 9.79 Å². The molecule has 2 aromatic rings. The lowest BCUT2D eigenvalue weighted by atomic mass is 9.98. The maximum atomic E-state index is 12.2. The summed E-state index contributed by atoms with van der Waals surface area (Å²) in [7, 11) is 0. The van der Waals surface area contributed by atoms with E-state index >= 15 is 0 Å². The molecule has 0 aliphatic heterocycles. The molecule has 0 saturated heterocycles. The Morgan fingerprint density at radius 1 is 0.195 bits per heavy atom. The predicted molar refractivity (Wildman–Crippen MR) is 393 cm³/mol. The van der Waals surface area contributed by atoms with E-state index in [0.717, 1.165) is 59.4 Å². The molecule has 2 nitrogen and oxygen atoms in total. The quantitative estimate of drug-likeness (QED) is 0.0649. The summed E-state index contributed by atoms with van der Waals surface area (Å²) in [4.78, 5) is 1.91. The molecule has 0 atom stereocenters. The van der Waals surface area contributed by atoms with Gasteiger partial charge in [-0.25, -0.2) is 0 Å². The van der Waals surface area contributed by atoms with Crippen LogP contribution in [0, 0.1) is 0 Å². The fourth-order valence-electron chi connectivity index (χ4n) is 13.9. The van der Waals surface area contributed by atoms with Crippen molar-refractivity contribution in [1.82, 2.24) is 0 Å². The lowest BCUT2D eigenvalue weighted by Gasteiger charge is -2.16. The largest absolute Gasteiger partial charge is 0.506 e. The van der Waals surface area contributed by atoms with Crippen molar-refractivity contribution in [1.29, 1.82) is 0 Å². The molecule has 87 heavy (non-hydrogen) atoms. The molecule has 0 aromatic heterocycles. The maximum absolute atomic E-state index is 12.2. The van der Waals surface area contributed by atoms with E-state index in [4.69, 9.17) is 0 Å². The zero-order chi connectivity index (χ0) is 62.2. The molecule has 0 fully saturated rings. The smallest absolute Gasteiger partial charge is 0.132 e. The molecule has 0 saturated carbocycles. The van der Waals surface area contributed by atoms with Gasteiger partial charge in [0.15, 0.2) is 0 Å². The first-order valence-electron chi connectivity index (χ1n) is 40.4. The van der Waals surface area contributed by atoms with E-state index in [9.17, 15) is 10.2 Å². The number of benzene rings is 2. The van der Waals surface area contributed by atoms with E-state index in [2.05, 4.69) is 52.0 Å². The number of aromatic hydroxyl groups is 2. The van der Waals surface area contributed by atoms with Crippen LogP contribution in [0.25, 0.3) is 0 Å². The van der Waals surface area contributed by atoms with Crippen LogP contribution in [0.2, 0.25) is 0 Å². The average molecular weight is 1230 g/mol. The Morgan fingerprint density at radius 2 is 0.345 bits per heavy atom. The van der Waals surface area contributed by atoms with Gasteiger partial charge in [-0.05, 0) is 85.8 Å². The highest BCUT2D eigenvalue weighted by atomic mass is 32.2. The Hall–Kier alpha value is -1.61. The summed E-state index contributed by atoms with van der Waals surface area (Å²) in [6.45, 7) is 9.25. The van der Waals surface area contributed by atoms with Crippen LogP contribution in [-0.2, 0) is 25.7 Å². The van der Waals surface area contributed by atoms with E-state index < -0.39 is 0 Å². The third-order valence-electron chi connectivity index (χ3n) is 19.9. The molecule has 2 aromatic carbocycles. The molecule has 0 unspecified atom stereocenters. The van der Waals surface area contributed by atoms with Crippen LogP contribution in [0.1, 0.15) is 461 Å². The van der Waals surface area contributed by atoms with Gasteiger partial charge in [0.1, 0.15) is 11.5 Å². The fraction of sp³-hybridized carbons (Fsp3) is 0.857.